The Labute approximate surface area is 56.0 Å². The smallest absolute Gasteiger partial charge is 0.0518 e. The van der Waals surface area contributed by atoms with Crippen LogP contribution in [-0.2, 0) is 0 Å². The first-order valence-corrected chi connectivity index (χ1v) is 2.77. The van der Waals surface area contributed by atoms with Crippen LogP contribution in [0.4, 0.5) is 0 Å². The average molecular weight is 124 g/mol. The van der Waals surface area contributed by atoms with Crippen molar-refractivity contribution >= 4 is 6.21 Å². The van der Waals surface area contributed by atoms with Gasteiger partial charge in [0.25, 0.3) is 0 Å². The Bertz CT molecular complexity index is 134. The molecule has 0 heterocycles. The molecular formula is C7H12N2. The van der Waals surface area contributed by atoms with Gasteiger partial charge in [-0.05, 0) is 6.08 Å². The van der Waals surface area contributed by atoms with E-state index < -0.39 is 0 Å². The quantitative estimate of drug-likeness (QED) is 0.440. The predicted octanol–water partition coefficient (Wildman–Crippen LogP) is 0.976. The zero-order valence-electron chi connectivity index (χ0n) is 5.89. The van der Waals surface area contributed by atoms with Gasteiger partial charge in [-0.1, -0.05) is 12.7 Å². The van der Waals surface area contributed by atoms with Gasteiger partial charge in [-0.25, -0.2) is 0 Å². The summed E-state index contributed by atoms with van der Waals surface area (Å²) in [7, 11) is 3.57. The van der Waals surface area contributed by atoms with Crippen molar-refractivity contribution in [3.05, 3.63) is 24.4 Å². The van der Waals surface area contributed by atoms with Gasteiger partial charge in [-0.3, -0.25) is 4.99 Å². The molecule has 0 aromatic heterocycles. The van der Waals surface area contributed by atoms with E-state index in [0.29, 0.717) is 0 Å². The molecule has 0 fully saturated rings. The molecule has 0 amide bonds. The minimum absolute atomic E-state index is 0.965. The Morgan fingerprint density at radius 1 is 1.67 bits per heavy atom. The van der Waals surface area contributed by atoms with E-state index in [0.717, 1.165) is 5.70 Å². The van der Waals surface area contributed by atoms with Crippen molar-refractivity contribution in [2.45, 2.75) is 0 Å². The maximum Gasteiger partial charge on any atom is 0.0518 e. The monoisotopic (exact) mass is 124 g/mol. The van der Waals surface area contributed by atoms with Crippen LogP contribution in [0.1, 0.15) is 0 Å². The van der Waals surface area contributed by atoms with Crippen LogP contribution in [0.25, 0.3) is 0 Å². The van der Waals surface area contributed by atoms with Crippen molar-refractivity contribution in [3.63, 3.8) is 0 Å². The van der Waals surface area contributed by atoms with E-state index in [1.807, 2.05) is 13.1 Å². The Morgan fingerprint density at radius 2 is 2.33 bits per heavy atom. The summed E-state index contributed by atoms with van der Waals surface area (Å²) >= 11 is 0. The third-order valence-corrected chi connectivity index (χ3v) is 0.854. The highest BCUT2D eigenvalue weighted by Gasteiger charge is 1.79. The van der Waals surface area contributed by atoms with Gasteiger partial charge >= 0.3 is 0 Å². The maximum atomic E-state index is 3.82. The third kappa shape index (κ3) is 3.53. The molecule has 0 aromatic rings. The van der Waals surface area contributed by atoms with Crippen LogP contribution in [0.5, 0.6) is 0 Å². The number of allylic oxidation sites excluding steroid dienone is 3. The summed E-state index contributed by atoms with van der Waals surface area (Å²) in [6, 6.07) is 0. The molecule has 0 saturated heterocycles. The van der Waals surface area contributed by atoms with E-state index in [4.69, 9.17) is 0 Å². The summed E-state index contributed by atoms with van der Waals surface area (Å²) in [5.74, 6) is 0. The molecule has 2 heteroatoms. The maximum absolute atomic E-state index is 3.82. The number of rotatable bonds is 3. The van der Waals surface area contributed by atoms with E-state index >= 15 is 0 Å². The van der Waals surface area contributed by atoms with Crippen molar-refractivity contribution in [1.82, 2.24) is 5.32 Å². The number of nitrogens with one attached hydrogen (secondary N) is 1. The fraction of sp³-hybridized carbons (Fsp3) is 0.286. The van der Waals surface area contributed by atoms with Gasteiger partial charge in [0.1, 0.15) is 0 Å². The van der Waals surface area contributed by atoms with Crippen LogP contribution >= 0.6 is 0 Å². The van der Waals surface area contributed by atoms with Gasteiger partial charge in [-0.2, -0.15) is 0 Å². The molecule has 0 unspecified atom stereocenters. The fourth-order valence-corrected chi connectivity index (χ4v) is 0.457. The van der Waals surface area contributed by atoms with Crippen molar-refractivity contribution in [3.8, 4) is 0 Å². The van der Waals surface area contributed by atoms with Crippen molar-refractivity contribution in [2.75, 3.05) is 14.1 Å². The van der Waals surface area contributed by atoms with Gasteiger partial charge in [0.05, 0.1) is 5.70 Å². The van der Waals surface area contributed by atoms with E-state index in [1.54, 1.807) is 19.3 Å². The third-order valence-electron chi connectivity index (χ3n) is 0.854. The lowest BCUT2D eigenvalue weighted by Gasteiger charge is -1.94. The first-order chi connectivity index (χ1) is 4.35. The largest absolute Gasteiger partial charge is 0.387 e. The molecule has 0 aliphatic rings. The highest BCUT2D eigenvalue weighted by atomic mass is 14.8. The van der Waals surface area contributed by atoms with Crippen molar-refractivity contribution < 1.29 is 0 Å². The van der Waals surface area contributed by atoms with Gasteiger partial charge in [-0.15, -0.1) is 0 Å². The molecule has 0 radical (unpaired) electrons. The molecule has 0 aliphatic carbocycles. The topological polar surface area (TPSA) is 24.4 Å². The average Bonchev–Trinajstić information content (AvgIpc) is 1.88. The predicted molar refractivity (Wildman–Crippen MR) is 41.8 cm³/mol. The van der Waals surface area contributed by atoms with E-state index in [1.165, 1.54) is 0 Å². The Balaban J connectivity index is 3.96. The molecule has 0 spiro atoms. The summed E-state index contributed by atoms with van der Waals surface area (Å²) in [5.41, 5.74) is 0.965. The molecule has 0 saturated carbocycles. The van der Waals surface area contributed by atoms with E-state index in [2.05, 4.69) is 16.9 Å². The fourth-order valence-electron chi connectivity index (χ4n) is 0.457. The van der Waals surface area contributed by atoms with Gasteiger partial charge in [0.15, 0.2) is 0 Å². The molecule has 0 atom stereocenters. The van der Waals surface area contributed by atoms with Crippen LogP contribution in [0.15, 0.2) is 29.4 Å². The second-order valence-corrected chi connectivity index (χ2v) is 1.50. The van der Waals surface area contributed by atoms with Crippen molar-refractivity contribution in [2.24, 2.45) is 4.99 Å². The second-order valence-electron chi connectivity index (χ2n) is 1.50. The molecular weight excluding hydrogens is 112 g/mol. The highest BCUT2D eigenvalue weighted by Crippen LogP contribution is 1.81. The second kappa shape index (κ2) is 5.09. The Morgan fingerprint density at radius 3 is 2.67 bits per heavy atom. The van der Waals surface area contributed by atoms with Crippen LogP contribution in [0, 0.1) is 0 Å². The van der Waals surface area contributed by atoms with Crippen LogP contribution in [0.2, 0.25) is 0 Å². The summed E-state index contributed by atoms with van der Waals surface area (Å²) in [6.45, 7) is 3.55. The van der Waals surface area contributed by atoms with E-state index in [9.17, 15) is 0 Å². The molecule has 1 N–H and O–H groups in total. The molecule has 50 valence electrons. The lowest BCUT2D eigenvalue weighted by molar-refractivity contribution is 1.06. The molecule has 0 aliphatic heterocycles. The van der Waals surface area contributed by atoms with Gasteiger partial charge < -0.3 is 5.32 Å². The van der Waals surface area contributed by atoms with Crippen LogP contribution in [0.3, 0.4) is 0 Å². The highest BCUT2D eigenvalue weighted by molar-refractivity contribution is 5.77. The van der Waals surface area contributed by atoms with Gasteiger partial charge in [0, 0.05) is 20.3 Å². The summed E-state index contributed by atoms with van der Waals surface area (Å²) in [5, 5.41) is 2.94. The number of aliphatic imine (C=N–C) groups is 1. The summed E-state index contributed by atoms with van der Waals surface area (Å²) < 4.78 is 0. The van der Waals surface area contributed by atoms with Crippen LogP contribution in [-0.4, -0.2) is 20.3 Å². The lowest BCUT2D eigenvalue weighted by atomic mass is 10.4. The minimum Gasteiger partial charge on any atom is -0.387 e. The Kier molecular flexibility index (Phi) is 4.50. The first-order valence-electron chi connectivity index (χ1n) is 2.77. The van der Waals surface area contributed by atoms with E-state index in [-0.39, 0.29) is 0 Å². The standard InChI is InChI=1S/C7H12N2/c1-4-5-7(9-3)6-8-2/h4-6,9H,1H2,2-3H3/b7-5+,8-6-. The first kappa shape index (κ1) is 7.95. The summed E-state index contributed by atoms with van der Waals surface area (Å²) in [4.78, 5) is 3.82. The number of nitrogens with zero attached hydrogens (tertiary/aromatic N) is 1. The Hall–Kier alpha value is -1.05. The zero-order valence-corrected chi connectivity index (χ0v) is 5.89. The number of hydrogen-bond acceptors (Lipinski definition) is 2. The number of hydrogen-bond donors (Lipinski definition) is 1. The minimum atomic E-state index is 0.965. The molecule has 2 nitrogen and oxygen atoms in total. The molecule has 0 bridgehead atoms. The van der Waals surface area contributed by atoms with Crippen LogP contribution < -0.4 is 5.32 Å². The van der Waals surface area contributed by atoms with Crippen molar-refractivity contribution in [1.29, 1.82) is 0 Å². The molecule has 0 aromatic carbocycles. The lowest BCUT2D eigenvalue weighted by Crippen LogP contribution is -2.05. The summed E-state index contributed by atoms with van der Waals surface area (Å²) in [6.07, 6.45) is 5.31. The molecule has 9 heavy (non-hydrogen) atoms. The van der Waals surface area contributed by atoms with Gasteiger partial charge in [0.2, 0.25) is 0 Å². The molecule has 0 rings (SSSR count). The zero-order chi connectivity index (χ0) is 7.11. The normalized spacial score (nSPS) is 12.0. The SMILES string of the molecule is C=C/C=C(\C=N/C)NC.